The van der Waals surface area contributed by atoms with Crippen LogP contribution in [0.15, 0.2) is 42.6 Å². The second-order valence-corrected chi connectivity index (χ2v) is 8.42. The zero-order valence-corrected chi connectivity index (χ0v) is 18.1. The molecule has 2 amide bonds. The van der Waals surface area contributed by atoms with Crippen molar-refractivity contribution >= 4 is 29.0 Å². The molecular formula is C23H28N6O3. The van der Waals surface area contributed by atoms with E-state index in [0.717, 1.165) is 43.5 Å². The molecule has 3 aliphatic rings. The van der Waals surface area contributed by atoms with Gasteiger partial charge in [-0.15, -0.1) is 5.10 Å². The van der Waals surface area contributed by atoms with Crippen LogP contribution in [0.4, 0.5) is 17.2 Å². The summed E-state index contributed by atoms with van der Waals surface area (Å²) in [7, 11) is 0. The van der Waals surface area contributed by atoms with Crippen LogP contribution in [0.25, 0.3) is 0 Å². The fraction of sp³-hybridized carbons (Fsp3) is 0.478. The number of anilines is 3. The molecule has 0 saturated carbocycles. The van der Waals surface area contributed by atoms with Crippen molar-refractivity contribution < 1.29 is 14.3 Å². The number of rotatable bonds is 4. The van der Waals surface area contributed by atoms with E-state index >= 15 is 0 Å². The molecule has 168 valence electrons. The molecule has 5 rings (SSSR count). The predicted molar refractivity (Wildman–Crippen MR) is 121 cm³/mol. The van der Waals surface area contributed by atoms with Crippen molar-refractivity contribution in [3.8, 4) is 0 Å². The normalized spacial score (nSPS) is 21.9. The van der Waals surface area contributed by atoms with Crippen LogP contribution in [-0.2, 0) is 14.3 Å². The van der Waals surface area contributed by atoms with Gasteiger partial charge in [-0.3, -0.25) is 9.59 Å². The number of hydrogen-bond donors (Lipinski definition) is 0. The van der Waals surface area contributed by atoms with Gasteiger partial charge in [0, 0.05) is 64.0 Å². The Balaban J connectivity index is 1.18. The number of para-hydroxylation sites is 1. The number of carbonyl (C=O) groups is 2. The van der Waals surface area contributed by atoms with Gasteiger partial charge in [0.2, 0.25) is 11.8 Å². The lowest BCUT2D eigenvalue weighted by Crippen LogP contribution is -2.51. The Morgan fingerprint density at radius 2 is 1.69 bits per heavy atom. The molecule has 3 aliphatic heterocycles. The van der Waals surface area contributed by atoms with Gasteiger partial charge in [0.1, 0.15) is 0 Å². The van der Waals surface area contributed by atoms with Crippen LogP contribution in [0.3, 0.4) is 0 Å². The summed E-state index contributed by atoms with van der Waals surface area (Å²) in [5.74, 6) is 0.652. The van der Waals surface area contributed by atoms with Crippen molar-refractivity contribution in [2.24, 2.45) is 5.92 Å². The molecule has 0 spiro atoms. The summed E-state index contributed by atoms with van der Waals surface area (Å²) in [6.07, 6.45) is 2.07. The number of benzene rings is 1. The van der Waals surface area contributed by atoms with Crippen LogP contribution in [0.2, 0.25) is 0 Å². The van der Waals surface area contributed by atoms with E-state index < -0.39 is 0 Å². The zero-order chi connectivity index (χ0) is 21.9. The van der Waals surface area contributed by atoms with Crippen LogP contribution >= 0.6 is 0 Å². The van der Waals surface area contributed by atoms with E-state index in [9.17, 15) is 9.59 Å². The molecule has 9 heteroatoms. The van der Waals surface area contributed by atoms with Gasteiger partial charge in [-0.05, 0) is 12.1 Å². The summed E-state index contributed by atoms with van der Waals surface area (Å²) in [4.78, 5) is 33.7. The van der Waals surface area contributed by atoms with Crippen LogP contribution in [0.5, 0.6) is 0 Å². The largest absolute Gasteiger partial charge is 0.378 e. The third kappa shape index (κ3) is 4.25. The van der Waals surface area contributed by atoms with E-state index in [0.29, 0.717) is 32.7 Å². The number of morpholine rings is 1. The summed E-state index contributed by atoms with van der Waals surface area (Å²) < 4.78 is 5.43. The van der Waals surface area contributed by atoms with Gasteiger partial charge >= 0.3 is 0 Å². The minimum absolute atomic E-state index is 0.0170. The Kier molecular flexibility index (Phi) is 5.89. The molecule has 1 aromatic heterocycles. The fourth-order valence-corrected chi connectivity index (χ4v) is 4.64. The minimum atomic E-state index is -0.279. The van der Waals surface area contributed by atoms with E-state index in [1.807, 2.05) is 35.2 Å². The van der Waals surface area contributed by atoms with Crippen LogP contribution in [-0.4, -0.2) is 85.9 Å². The summed E-state index contributed by atoms with van der Waals surface area (Å²) >= 11 is 0. The monoisotopic (exact) mass is 436 g/mol. The summed E-state index contributed by atoms with van der Waals surface area (Å²) in [5.41, 5.74) is 1.92. The van der Waals surface area contributed by atoms with Crippen molar-refractivity contribution in [3.05, 3.63) is 42.6 Å². The lowest BCUT2D eigenvalue weighted by Gasteiger charge is -2.36. The highest BCUT2D eigenvalue weighted by molar-refractivity contribution is 6.00. The highest BCUT2D eigenvalue weighted by Crippen LogP contribution is 2.27. The molecule has 1 unspecified atom stereocenters. The molecule has 2 aromatic rings. The van der Waals surface area contributed by atoms with E-state index in [1.54, 1.807) is 11.1 Å². The Bertz CT molecular complexity index is 957. The molecule has 4 heterocycles. The lowest BCUT2D eigenvalue weighted by molar-refractivity contribution is -0.136. The van der Waals surface area contributed by atoms with Crippen molar-refractivity contribution in [2.75, 3.05) is 73.7 Å². The molecule has 32 heavy (non-hydrogen) atoms. The van der Waals surface area contributed by atoms with E-state index in [2.05, 4.69) is 26.1 Å². The third-order valence-corrected chi connectivity index (χ3v) is 6.46. The van der Waals surface area contributed by atoms with E-state index in [1.165, 1.54) is 0 Å². The van der Waals surface area contributed by atoms with E-state index in [4.69, 9.17) is 4.74 Å². The SMILES string of the molecule is O=C(C1CC(=O)N(c2ccccc2)C1)N1CCN(c2cc(N3CCOCC3)cnn2)CC1. The second kappa shape index (κ2) is 9.12. The standard InChI is InChI=1S/C23H28N6O3/c30-22-14-18(17-29(22)19-4-2-1-3-5-19)23(31)28-8-6-27(7-9-28)21-15-20(16-24-25-21)26-10-12-32-13-11-26/h1-5,15-16,18H,6-14,17H2. The second-order valence-electron chi connectivity index (χ2n) is 8.42. The predicted octanol–water partition coefficient (Wildman–Crippen LogP) is 1.01. The maximum absolute atomic E-state index is 13.1. The van der Waals surface area contributed by atoms with Gasteiger partial charge in [0.05, 0.1) is 31.0 Å². The number of amides is 2. The molecule has 0 N–H and O–H groups in total. The van der Waals surface area contributed by atoms with Gasteiger partial charge in [-0.2, -0.15) is 5.10 Å². The number of piperazine rings is 1. The van der Waals surface area contributed by atoms with Crippen molar-refractivity contribution in [2.45, 2.75) is 6.42 Å². The van der Waals surface area contributed by atoms with Gasteiger partial charge < -0.3 is 24.3 Å². The molecule has 1 atom stereocenters. The van der Waals surface area contributed by atoms with Crippen molar-refractivity contribution in [3.63, 3.8) is 0 Å². The molecule has 3 saturated heterocycles. The Labute approximate surface area is 187 Å². The first kappa shape index (κ1) is 20.7. The number of nitrogens with zero attached hydrogens (tertiary/aromatic N) is 6. The molecule has 0 bridgehead atoms. The Hall–Kier alpha value is -3.20. The number of carbonyl (C=O) groups excluding carboxylic acids is 2. The molecule has 3 fully saturated rings. The smallest absolute Gasteiger partial charge is 0.228 e. The lowest BCUT2D eigenvalue weighted by atomic mass is 10.1. The van der Waals surface area contributed by atoms with Crippen LogP contribution in [0.1, 0.15) is 6.42 Å². The number of ether oxygens (including phenoxy) is 1. The average molecular weight is 437 g/mol. The first-order valence-electron chi connectivity index (χ1n) is 11.2. The molecular weight excluding hydrogens is 408 g/mol. The van der Waals surface area contributed by atoms with Crippen LogP contribution in [0, 0.1) is 5.92 Å². The van der Waals surface area contributed by atoms with Gasteiger partial charge in [-0.1, -0.05) is 18.2 Å². The Morgan fingerprint density at radius 3 is 2.44 bits per heavy atom. The van der Waals surface area contributed by atoms with Crippen LogP contribution < -0.4 is 14.7 Å². The fourth-order valence-electron chi connectivity index (χ4n) is 4.64. The van der Waals surface area contributed by atoms with Gasteiger partial charge in [-0.25, -0.2) is 0 Å². The number of hydrogen-bond acceptors (Lipinski definition) is 7. The number of aromatic nitrogens is 2. The first-order chi connectivity index (χ1) is 15.7. The zero-order valence-electron chi connectivity index (χ0n) is 18.1. The Morgan fingerprint density at radius 1 is 0.938 bits per heavy atom. The quantitative estimate of drug-likeness (QED) is 0.708. The minimum Gasteiger partial charge on any atom is -0.378 e. The third-order valence-electron chi connectivity index (χ3n) is 6.46. The van der Waals surface area contributed by atoms with Gasteiger partial charge in [0.15, 0.2) is 5.82 Å². The topological polar surface area (TPSA) is 82.1 Å². The summed E-state index contributed by atoms with van der Waals surface area (Å²) in [6.45, 7) is 6.27. The summed E-state index contributed by atoms with van der Waals surface area (Å²) in [6, 6.07) is 11.6. The highest BCUT2D eigenvalue weighted by atomic mass is 16.5. The maximum Gasteiger partial charge on any atom is 0.228 e. The maximum atomic E-state index is 13.1. The van der Waals surface area contributed by atoms with Crippen molar-refractivity contribution in [1.29, 1.82) is 0 Å². The summed E-state index contributed by atoms with van der Waals surface area (Å²) in [5, 5.41) is 8.52. The van der Waals surface area contributed by atoms with E-state index in [-0.39, 0.29) is 24.2 Å². The first-order valence-corrected chi connectivity index (χ1v) is 11.2. The molecule has 0 radical (unpaired) electrons. The van der Waals surface area contributed by atoms with Gasteiger partial charge in [0.25, 0.3) is 0 Å². The average Bonchev–Trinajstić information content (AvgIpc) is 3.26. The van der Waals surface area contributed by atoms with Crippen molar-refractivity contribution in [1.82, 2.24) is 15.1 Å². The molecule has 9 nitrogen and oxygen atoms in total. The molecule has 0 aliphatic carbocycles. The highest BCUT2D eigenvalue weighted by Gasteiger charge is 2.38. The molecule has 1 aromatic carbocycles.